The number of halogens is 2. The zero-order valence-corrected chi connectivity index (χ0v) is 13.6. The molecule has 2 heterocycles. The Balaban J connectivity index is 1.65. The van der Waals surface area contributed by atoms with Crippen molar-refractivity contribution in [3.63, 3.8) is 0 Å². The van der Waals surface area contributed by atoms with Crippen LogP contribution in [-0.2, 0) is 13.1 Å². The molecule has 3 aromatic rings. The van der Waals surface area contributed by atoms with Crippen LogP contribution in [0.3, 0.4) is 0 Å². The third kappa shape index (κ3) is 4.57. The van der Waals surface area contributed by atoms with Crippen LogP contribution in [0, 0.1) is 11.6 Å². The van der Waals surface area contributed by atoms with Gasteiger partial charge in [-0.05, 0) is 25.1 Å². The van der Waals surface area contributed by atoms with Crippen LogP contribution in [-0.4, -0.2) is 25.8 Å². The van der Waals surface area contributed by atoms with E-state index in [1.807, 2.05) is 13.0 Å². The second kappa shape index (κ2) is 7.80. The lowest BCUT2D eigenvalue weighted by molar-refractivity contribution is 0.425. The first-order valence-corrected chi connectivity index (χ1v) is 7.74. The van der Waals surface area contributed by atoms with Crippen molar-refractivity contribution < 1.29 is 13.5 Å². The lowest BCUT2D eigenvalue weighted by atomic mass is 10.2. The molecule has 1 atom stereocenters. The van der Waals surface area contributed by atoms with Crippen molar-refractivity contribution in [3.8, 4) is 11.6 Å². The number of nitrogens with one attached hydrogen (secondary N) is 1. The lowest BCUT2D eigenvalue weighted by Crippen LogP contribution is -2.30. The van der Waals surface area contributed by atoms with Gasteiger partial charge in [-0.25, -0.2) is 18.7 Å². The third-order valence-electron chi connectivity index (χ3n) is 3.52. The number of ether oxygens (including phenoxy) is 1. The zero-order chi connectivity index (χ0) is 17.6. The highest BCUT2D eigenvalue weighted by Crippen LogP contribution is 2.24. The number of hydrogen-bond donors (Lipinski definition) is 1. The van der Waals surface area contributed by atoms with E-state index >= 15 is 0 Å². The molecular formula is C17H17F2N5O. The van der Waals surface area contributed by atoms with Gasteiger partial charge in [-0.2, -0.15) is 5.10 Å². The second-order valence-electron chi connectivity index (χ2n) is 5.55. The fraction of sp³-hybridized carbons (Fsp3) is 0.235. The Kier molecular flexibility index (Phi) is 5.30. The van der Waals surface area contributed by atoms with E-state index in [0.717, 1.165) is 17.7 Å². The van der Waals surface area contributed by atoms with Crippen LogP contribution in [0.15, 0.2) is 49.2 Å². The summed E-state index contributed by atoms with van der Waals surface area (Å²) in [5, 5.41) is 7.40. The minimum Gasteiger partial charge on any atom is -0.439 e. The number of aromatic nitrogens is 4. The molecule has 0 unspecified atom stereocenters. The second-order valence-corrected chi connectivity index (χ2v) is 5.55. The maximum absolute atomic E-state index is 13.3. The summed E-state index contributed by atoms with van der Waals surface area (Å²) < 4.78 is 33.7. The predicted octanol–water partition coefficient (Wildman–Crippen LogP) is 2.92. The Bertz CT molecular complexity index is 826. The molecule has 0 radical (unpaired) electrons. The molecule has 130 valence electrons. The average molecular weight is 345 g/mol. The van der Waals surface area contributed by atoms with Gasteiger partial charge in [0.25, 0.3) is 0 Å². The van der Waals surface area contributed by atoms with Gasteiger partial charge < -0.3 is 10.1 Å². The van der Waals surface area contributed by atoms with E-state index in [2.05, 4.69) is 20.4 Å². The van der Waals surface area contributed by atoms with Gasteiger partial charge in [-0.1, -0.05) is 6.07 Å². The molecule has 1 aromatic carbocycles. The summed E-state index contributed by atoms with van der Waals surface area (Å²) in [6.07, 6.45) is 4.72. The largest absolute Gasteiger partial charge is 0.439 e. The summed E-state index contributed by atoms with van der Waals surface area (Å²) in [5.41, 5.74) is 0.803. The normalized spacial score (nSPS) is 12.1. The van der Waals surface area contributed by atoms with Crippen LogP contribution >= 0.6 is 0 Å². The Hall–Kier alpha value is -2.87. The summed E-state index contributed by atoms with van der Waals surface area (Å²) in [6.45, 7) is 3.19. The van der Waals surface area contributed by atoms with Crippen molar-refractivity contribution in [1.82, 2.24) is 25.1 Å². The first-order valence-electron chi connectivity index (χ1n) is 7.74. The van der Waals surface area contributed by atoms with Gasteiger partial charge >= 0.3 is 0 Å². The monoisotopic (exact) mass is 345 g/mol. The van der Waals surface area contributed by atoms with E-state index in [-0.39, 0.29) is 11.8 Å². The smallest absolute Gasteiger partial charge is 0.223 e. The molecule has 0 saturated heterocycles. The van der Waals surface area contributed by atoms with E-state index in [1.165, 1.54) is 12.4 Å². The summed E-state index contributed by atoms with van der Waals surface area (Å²) >= 11 is 0. The van der Waals surface area contributed by atoms with Gasteiger partial charge in [0.05, 0.1) is 6.54 Å². The van der Waals surface area contributed by atoms with E-state index in [0.29, 0.717) is 19.0 Å². The summed E-state index contributed by atoms with van der Waals surface area (Å²) in [4.78, 5) is 8.08. The summed E-state index contributed by atoms with van der Waals surface area (Å²) in [7, 11) is 0. The molecule has 0 aliphatic rings. The third-order valence-corrected chi connectivity index (χ3v) is 3.52. The van der Waals surface area contributed by atoms with Gasteiger partial charge in [0.1, 0.15) is 18.4 Å². The Labute approximate surface area is 143 Å². The lowest BCUT2D eigenvalue weighted by Gasteiger charge is -2.15. The van der Waals surface area contributed by atoms with Crippen molar-refractivity contribution >= 4 is 0 Å². The Morgan fingerprint density at radius 3 is 2.88 bits per heavy atom. The van der Waals surface area contributed by atoms with Crippen LogP contribution in [0.25, 0.3) is 0 Å². The standard InChI is InChI=1S/C17H17F2N5O/c1-12(9-24-11-20-10-23-24)22-8-13-3-2-6-21-17(13)25-14-4-5-15(18)16(19)7-14/h2-7,10-12,22H,8-9H2,1H3/t12-/m1/s1. The van der Waals surface area contributed by atoms with Crippen molar-refractivity contribution in [2.45, 2.75) is 26.1 Å². The molecule has 0 saturated carbocycles. The molecule has 0 aliphatic heterocycles. The van der Waals surface area contributed by atoms with Crippen LogP contribution in [0.1, 0.15) is 12.5 Å². The minimum absolute atomic E-state index is 0.137. The Morgan fingerprint density at radius 1 is 1.24 bits per heavy atom. The molecule has 25 heavy (non-hydrogen) atoms. The van der Waals surface area contributed by atoms with Crippen molar-refractivity contribution in [3.05, 3.63) is 66.4 Å². The predicted molar refractivity (Wildman–Crippen MR) is 87.0 cm³/mol. The fourth-order valence-corrected chi connectivity index (χ4v) is 2.26. The molecule has 1 N–H and O–H groups in total. The summed E-state index contributed by atoms with van der Waals surface area (Å²) in [6, 6.07) is 7.16. The highest BCUT2D eigenvalue weighted by atomic mass is 19.2. The van der Waals surface area contributed by atoms with Crippen LogP contribution < -0.4 is 10.1 Å². The summed E-state index contributed by atoms with van der Waals surface area (Å²) in [5.74, 6) is -1.35. The van der Waals surface area contributed by atoms with Gasteiger partial charge in [0.15, 0.2) is 11.6 Å². The molecule has 8 heteroatoms. The Morgan fingerprint density at radius 2 is 2.12 bits per heavy atom. The highest BCUT2D eigenvalue weighted by Gasteiger charge is 2.10. The average Bonchev–Trinajstić information content (AvgIpc) is 3.10. The number of hydrogen-bond acceptors (Lipinski definition) is 5. The van der Waals surface area contributed by atoms with Gasteiger partial charge in [0.2, 0.25) is 5.88 Å². The fourth-order valence-electron chi connectivity index (χ4n) is 2.26. The first-order chi connectivity index (χ1) is 12.1. The van der Waals surface area contributed by atoms with Crippen LogP contribution in [0.5, 0.6) is 11.6 Å². The van der Waals surface area contributed by atoms with E-state index in [9.17, 15) is 8.78 Å². The van der Waals surface area contributed by atoms with Crippen molar-refractivity contribution in [1.29, 1.82) is 0 Å². The van der Waals surface area contributed by atoms with Crippen LogP contribution in [0.2, 0.25) is 0 Å². The van der Waals surface area contributed by atoms with Crippen molar-refractivity contribution in [2.75, 3.05) is 0 Å². The molecule has 0 bridgehead atoms. The van der Waals surface area contributed by atoms with Gasteiger partial charge in [-0.3, -0.25) is 4.68 Å². The molecule has 0 spiro atoms. The van der Waals surface area contributed by atoms with Gasteiger partial charge in [-0.15, -0.1) is 0 Å². The van der Waals surface area contributed by atoms with Gasteiger partial charge in [0, 0.05) is 30.4 Å². The molecule has 0 aliphatic carbocycles. The van der Waals surface area contributed by atoms with E-state index in [4.69, 9.17) is 4.74 Å². The topological polar surface area (TPSA) is 64.9 Å². The quantitative estimate of drug-likeness (QED) is 0.713. The molecule has 2 aromatic heterocycles. The number of nitrogens with zero attached hydrogens (tertiary/aromatic N) is 4. The van der Waals surface area contributed by atoms with Crippen LogP contribution in [0.4, 0.5) is 8.78 Å². The number of pyridine rings is 1. The van der Waals surface area contributed by atoms with E-state index in [1.54, 1.807) is 23.3 Å². The molecule has 6 nitrogen and oxygen atoms in total. The molecular weight excluding hydrogens is 328 g/mol. The highest BCUT2D eigenvalue weighted by molar-refractivity contribution is 5.32. The first kappa shape index (κ1) is 17.0. The van der Waals surface area contributed by atoms with E-state index < -0.39 is 11.6 Å². The number of rotatable bonds is 7. The molecule has 0 amide bonds. The SMILES string of the molecule is C[C@H](Cn1cncn1)NCc1cccnc1Oc1ccc(F)c(F)c1. The zero-order valence-electron chi connectivity index (χ0n) is 13.6. The maximum Gasteiger partial charge on any atom is 0.223 e. The molecule has 3 rings (SSSR count). The number of benzene rings is 1. The minimum atomic E-state index is -0.963. The molecule has 0 fully saturated rings. The van der Waals surface area contributed by atoms with Crippen molar-refractivity contribution in [2.24, 2.45) is 0 Å². The maximum atomic E-state index is 13.3.